The van der Waals surface area contributed by atoms with E-state index in [-0.39, 0.29) is 5.91 Å². The Kier molecular flexibility index (Phi) is 5.10. The number of aromatic nitrogens is 3. The number of H-pyrrole nitrogens is 1. The van der Waals surface area contributed by atoms with Crippen LogP contribution in [-0.2, 0) is 0 Å². The van der Waals surface area contributed by atoms with Crippen LogP contribution in [0.3, 0.4) is 0 Å². The lowest BCUT2D eigenvalue weighted by molar-refractivity contribution is 0.102. The lowest BCUT2D eigenvalue weighted by atomic mass is 9.92. The molecule has 1 aromatic carbocycles. The third kappa shape index (κ3) is 3.76. The Morgan fingerprint density at radius 3 is 2.54 bits per heavy atom. The molecule has 0 unspecified atom stereocenters. The number of carbonyl (C=O) groups excluding carboxylic acids is 1. The molecular weight excluding hydrogens is 350 g/mol. The van der Waals surface area contributed by atoms with E-state index < -0.39 is 0 Å². The van der Waals surface area contributed by atoms with E-state index in [0.29, 0.717) is 11.5 Å². The minimum atomic E-state index is -0.115. The Morgan fingerprint density at radius 1 is 1.11 bits per heavy atom. The van der Waals surface area contributed by atoms with Crippen LogP contribution in [0.15, 0.2) is 48.9 Å². The number of nitrogens with zero attached hydrogens (tertiary/aromatic N) is 3. The fourth-order valence-corrected chi connectivity index (χ4v) is 3.79. The van der Waals surface area contributed by atoms with Gasteiger partial charge in [-0.25, -0.2) is 9.97 Å². The van der Waals surface area contributed by atoms with Gasteiger partial charge in [-0.1, -0.05) is 17.7 Å². The van der Waals surface area contributed by atoms with Gasteiger partial charge in [-0.3, -0.25) is 4.79 Å². The van der Waals surface area contributed by atoms with Crippen molar-refractivity contribution in [1.82, 2.24) is 15.0 Å². The van der Waals surface area contributed by atoms with E-state index >= 15 is 0 Å². The van der Waals surface area contributed by atoms with Gasteiger partial charge in [0.2, 0.25) is 0 Å². The van der Waals surface area contributed by atoms with E-state index in [0.717, 1.165) is 48.7 Å². The van der Waals surface area contributed by atoms with Gasteiger partial charge in [0.25, 0.3) is 5.91 Å². The van der Waals surface area contributed by atoms with Gasteiger partial charge in [-0.05, 0) is 51.0 Å². The van der Waals surface area contributed by atoms with Crippen molar-refractivity contribution in [2.24, 2.45) is 0 Å². The molecule has 0 saturated carbocycles. The van der Waals surface area contributed by atoms with E-state index in [1.165, 1.54) is 5.69 Å². The van der Waals surface area contributed by atoms with E-state index in [1.807, 2.05) is 43.3 Å². The second-order valence-corrected chi connectivity index (χ2v) is 7.37. The zero-order valence-corrected chi connectivity index (χ0v) is 16.3. The Morgan fingerprint density at radius 2 is 1.86 bits per heavy atom. The molecule has 3 aromatic rings. The quantitative estimate of drug-likeness (QED) is 0.721. The predicted octanol–water partition coefficient (Wildman–Crippen LogP) is 4.06. The summed E-state index contributed by atoms with van der Waals surface area (Å²) < 4.78 is 0. The standard InChI is InChI=1S/C22H25N5O/c1-15-5-7-18(8-6-15)22(28)26-19-4-3-11-23-21(19)27-12-9-17(10-13-27)20-16(2)24-14-25-20/h3-8,11,14,17H,9-10,12-13H2,1-2H3,(H,24,25)(H,26,28). The van der Waals surface area contributed by atoms with E-state index in [9.17, 15) is 4.79 Å². The number of rotatable bonds is 4. The number of anilines is 2. The van der Waals surface area contributed by atoms with Gasteiger partial charge < -0.3 is 15.2 Å². The van der Waals surface area contributed by atoms with Crippen LogP contribution in [0.4, 0.5) is 11.5 Å². The van der Waals surface area contributed by atoms with Crippen LogP contribution >= 0.6 is 0 Å². The van der Waals surface area contributed by atoms with E-state index in [4.69, 9.17) is 0 Å². The van der Waals surface area contributed by atoms with Crippen molar-refractivity contribution in [2.75, 3.05) is 23.3 Å². The highest BCUT2D eigenvalue weighted by molar-refractivity contribution is 6.05. The number of piperidine rings is 1. The number of benzene rings is 1. The largest absolute Gasteiger partial charge is 0.355 e. The molecule has 0 bridgehead atoms. The van der Waals surface area contributed by atoms with Gasteiger partial charge in [0.1, 0.15) is 0 Å². The van der Waals surface area contributed by atoms with Crippen LogP contribution in [-0.4, -0.2) is 33.9 Å². The zero-order chi connectivity index (χ0) is 19.5. The molecule has 28 heavy (non-hydrogen) atoms. The lowest BCUT2D eigenvalue weighted by Gasteiger charge is -2.33. The summed E-state index contributed by atoms with van der Waals surface area (Å²) >= 11 is 0. The molecule has 1 amide bonds. The van der Waals surface area contributed by atoms with Gasteiger partial charge in [0, 0.05) is 36.5 Å². The summed E-state index contributed by atoms with van der Waals surface area (Å²) in [6.45, 7) is 5.87. The molecule has 0 aliphatic carbocycles. The molecule has 3 heterocycles. The molecular formula is C22H25N5O. The maximum Gasteiger partial charge on any atom is 0.255 e. The molecule has 2 aromatic heterocycles. The van der Waals surface area contributed by atoms with Crippen molar-refractivity contribution in [1.29, 1.82) is 0 Å². The Bertz CT molecular complexity index is 955. The smallest absolute Gasteiger partial charge is 0.255 e. The van der Waals surface area contributed by atoms with Crippen molar-refractivity contribution < 1.29 is 4.79 Å². The number of imidazole rings is 1. The van der Waals surface area contributed by atoms with Crippen LogP contribution in [0.2, 0.25) is 0 Å². The summed E-state index contributed by atoms with van der Waals surface area (Å²) in [5.74, 6) is 1.19. The number of nitrogens with one attached hydrogen (secondary N) is 2. The highest BCUT2D eigenvalue weighted by Gasteiger charge is 2.25. The number of aryl methyl sites for hydroxylation is 2. The molecule has 4 rings (SSSR count). The second kappa shape index (κ2) is 7.84. The molecule has 2 N–H and O–H groups in total. The molecule has 1 fully saturated rings. The fourth-order valence-electron chi connectivity index (χ4n) is 3.79. The number of amides is 1. The van der Waals surface area contributed by atoms with Crippen LogP contribution in [0, 0.1) is 13.8 Å². The highest BCUT2D eigenvalue weighted by atomic mass is 16.1. The molecule has 1 aliphatic rings. The lowest BCUT2D eigenvalue weighted by Crippen LogP contribution is -2.34. The summed E-state index contributed by atoms with van der Waals surface area (Å²) in [6.07, 6.45) is 5.59. The zero-order valence-electron chi connectivity index (χ0n) is 16.3. The van der Waals surface area contributed by atoms with Crippen LogP contribution < -0.4 is 10.2 Å². The molecule has 144 valence electrons. The van der Waals surface area contributed by atoms with Gasteiger partial charge in [0.05, 0.1) is 17.7 Å². The number of aromatic amines is 1. The van der Waals surface area contributed by atoms with Crippen molar-refractivity contribution in [3.63, 3.8) is 0 Å². The number of hydrogen-bond acceptors (Lipinski definition) is 4. The second-order valence-electron chi connectivity index (χ2n) is 7.37. The first-order chi connectivity index (χ1) is 13.6. The Labute approximate surface area is 165 Å². The molecule has 1 saturated heterocycles. The Balaban J connectivity index is 1.47. The predicted molar refractivity (Wildman–Crippen MR) is 111 cm³/mol. The number of hydrogen-bond donors (Lipinski definition) is 2. The van der Waals surface area contributed by atoms with Crippen molar-refractivity contribution in [3.05, 3.63) is 71.4 Å². The number of carbonyl (C=O) groups is 1. The summed E-state index contributed by atoms with van der Waals surface area (Å²) in [5.41, 5.74) is 4.86. The van der Waals surface area contributed by atoms with E-state index in [2.05, 4.69) is 32.1 Å². The molecule has 0 atom stereocenters. The first-order valence-corrected chi connectivity index (χ1v) is 9.69. The SMILES string of the molecule is Cc1ccc(C(=O)Nc2cccnc2N2CCC(c3nc[nH]c3C)CC2)cc1. The third-order valence-electron chi connectivity index (χ3n) is 5.40. The molecule has 1 aliphatic heterocycles. The van der Waals surface area contributed by atoms with Gasteiger partial charge >= 0.3 is 0 Å². The minimum absolute atomic E-state index is 0.115. The maximum atomic E-state index is 12.6. The molecule has 0 spiro atoms. The monoisotopic (exact) mass is 375 g/mol. The highest BCUT2D eigenvalue weighted by Crippen LogP contribution is 2.32. The van der Waals surface area contributed by atoms with Crippen LogP contribution in [0.25, 0.3) is 0 Å². The first-order valence-electron chi connectivity index (χ1n) is 9.69. The van der Waals surface area contributed by atoms with Crippen molar-refractivity contribution in [3.8, 4) is 0 Å². The topological polar surface area (TPSA) is 73.9 Å². The molecule has 6 nitrogen and oxygen atoms in total. The van der Waals surface area contributed by atoms with E-state index in [1.54, 1.807) is 12.5 Å². The summed E-state index contributed by atoms with van der Waals surface area (Å²) in [4.78, 5) is 27.1. The number of pyridine rings is 1. The Hall–Kier alpha value is -3.15. The normalized spacial score (nSPS) is 14.9. The van der Waals surface area contributed by atoms with Crippen LogP contribution in [0.5, 0.6) is 0 Å². The van der Waals surface area contributed by atoms with Crippen molar-refractivity contribution >= 4 is 17.4 Å². The summed E-state index contributed by atoms with van der Waals surface area (Å²) in [6, 6.07) is 11.4. The maximum absolute atomic E-state index is 12.6. The molecule has 0 radical (unpaired) electrons. The molecule has 6 heteroatoms. The third-order valence-corrected chi connectivity index (χ3v) is 5.40. The van der Waals surface area contributed by atoms with Gasteiger partial charge in [0.15, 0.2) is 5.82 Å². The van der Waals surface area contributed by atoms with Gasteiger partial charge in [-0.15, -0.1) is 0 Å². The van der Waals surface area contributed by atoms with Crippen LogP contribution in [0.1, 0.15) is 46.1 Å². The average Bonchev–Trinajstić information content (AvgIpc) is 3.15. The minimum Gasteiger partial charge on any atom is -0.355 e. The summed E-state index contributed by atoms with van der Waals surface area (Å²) in [7, 11) is 0. The van der Waals surface area contributed by atoms with Crippen molar-refractivity contribution in [2.45, 2.75) is 32.6 Å². The van der Waals surface area contributed by atoms with Gasteiger partial charge in [-0.2, -0.15) is 0 Å². The average molecular weight is 375 g/mol. The fraction of sp³-hybridized carbons (Fsp3) is 0.318. The first kappa shape index (κ1) is 18.2. The summed E-state index contributed by atoms with van der Waals surface area (Å²) in [5, 5.41) is 3.03.